The molecular formula is C17H23N3O. The van der Waals surface area contributed by atoms with Gasteiger partial charge in [0.2, 0.25) is 5.91 Å². The summed E-state index contributed by atoms with van der Waals surface area (Å²) in [5, 5.41) is 11.8. The number of carbonyl (C=O) groups excluding carboxylic acids is 1. The maximum Gasteiger partial charge on any atom is 0.225 e. The Morgan fingerprint density at radius 3 is 2.86 bits per heavy atom. The van der Waals surface area contributed by atoms with Crippen LogP contribution in [0, 0.1) is 23.2 Å². The third kappa shape index (κ3) is 4.30. The minimum atomic E-state index is -0.0241. The van der Waals surface area contributed by atoms with Gasteiger partial charge in [-0.1, -0.05) is 26.0 Å². The van der Waals surface area contributed by atoms with Gasteiger partial charge in [0.1, 0.15) is 6.07 Å². The molecular weight excluding hydrogens is 262 g/mol. The first kappa shape index (κ1) is 15.5. The molecule has 1 aromatic rings. The fourth-order valence-electron chi connectivity index (χ4n) is 2.71. The minimum absolute atomic E-state index is 0.0241. The van der Waals surface area contributed by atoms with Crippen molar-refractivity contribution in [2.45, 2.75) is 26.7 Å². The molecule has 2 unspecified atom stereocenters. The third-order valence-electron chi connectivity index (χ3n) is 4.39. The number of likely N-dealkylation sites (tertiary alicyclic amines) is 1. The maximum atomic E-state index is 12.0. The topological polar surface area (TPSA) is 56.1 Å². The molecule has 0 aromatic heterocycles. The summed E-state index contributed by atoms with van der Waals surface area (Å²) < 4.78 is 0. The van der Waals surface area contributed by atoms with Gasteiger partial charge in [-0.2, -0.15) is 5.26 Å². The summed E-state index contributed by atoms with van der Waals surface area (Å²) in [6.45, 7) is 7.52. The molecule has 4 nitrogen and oxygen atoms in total. The number of carbonyl (C=O) groups is 1. The number of nitrogens with one attached hydrogen (secondary N) is 1. The van der Waals surface area contributed by atoms with Gasteiger partial charge in [-0.15, -0.1) is 0 Å². The summed E-state index contributed by atoms with van der Waals surface area (Å²) in [7, 11) is 0. The van der Waals surface area contributed by atoms with Crippen molar-refractivity contribution in [2.24, 2.45) is 11.8 Å². The van der Waals surface area contributed by atoms with Crippen molar-refractivity contribution in [3.63, 3.8) is 0 Å². The largest absolute Gasteiger partial charge is 0.325 e. The monoisotopic (exact) mass is 285 g/mol. The number of piperidine rings is 1. The highest BCUT2D eigenvalue weighted by Crippen LogP contribution is 2.22. The summed E-state index contributed by atoms with van der Waals surface area (Å²) in [6, 6.07) is 9.19. The van der Waals surface area contributed by atoms with E-state index in [1.165, 1.54) is 6.42 Å². The maximum absolute atomic E-state index is 12.0. The lowest BCUT2D eigenvalue weighted by Crippen LogP contribution is -2.39. The zero-order chi connectivity index (χ0) is 15.2. The molecule has 2 rings (SSSR count). The predicted octanol–water partition coefficient (Wildman–Crippen LogP) is 2.86. The lowest BCUT2D eigenvalue weighted by atomic mass is 9.89. The van der Waals surface area contributed by atoms with Gasteiger partial charge in [-0.05, 0) is 36.9 Å². The van der Waals surface area contributed by atoms with Gasteiger partial charge in [0.05, 0.1) is 11.3 Å². The second-order valence-corrected chi connectivity index (χ2v) is 6.00. The van der Waals surface area contributed by atoms with Crippen LogP contribution < -0.4 is 5.32 Å². The van der Waals surface area contributed by atoms with Crippen molar-refractivity contribution in [2.75, 3.05) is 25.0 Å². The van der Waals surface area contributed by atoms with Gasteiger partial charge in [0.25, 0.3) is 0 Å². The number of hydrogen-bond donors (Lipinski definition) is 1. The van der Waals surface area contributed by atoms with Crippen LogP contribution in [-0.4, -0.2) is 30.4 Å². The van der Waals surface area contributed by atoms with Gasteiger partial charge in [-0.3, -0.25) is 4.79 Å². The molecule has 21 heavy (non-hydrogen) atoms. The number of rotatable bonds is 4. The molecule has 4 heteroatoms. The first-order valence-corrected chi connectivity index (χ1v) is 7.61. The molecule has 0 radical (unpaired) electrons. The fourth-order valence-corrected chi connectivity index (χ4v) is 2.71. The van der Waals surface area contributed by atoms with Crippen LogP contribution in [0.15, 0.2) is 24.3 Å². The van der Waals surface area contributed by atoms with Gasteiger partial charge < -0.3 is 10.2 Å². The van der Waals surface area contributed by atoms with Gasteiger partial charge in [0, 0.05) is 19.5 Å². The van der Waals surface area contributed by atoms with Gasteiger partial charge in [-0.25, -0.2) is 0 Å². The van der Waals surface area contributed by atoms with Crippen molar-refractivity contribution in [3.05, 3.63) is 29.8 Å². The Morgan fingerprint density at radius 1 is 1.38 bits per heavy atom. The van der Waals surface area contributed by atoms with E-state index in [1.54, 1.807) is 18.2 Å². The van der Waals surface area contributed by atoms with Crippen molar-refractivity contribution in [1.82, 2.24) is 4.90 Å². The highest BCUT2D eigenvalue weighted by atomic mass is 16.1. The lowest BCUT2D eigenvalue weighted by molar-refractivity contribution is -0.116. The molecule has 2 atom stereocenters. The molecule has 1 aliphatic rings. The molecule has 112 valence electrons. The van der Waals surface area contributed by atoms with Gasteiger partial charge >= 0.3 is 0 Å². The third-order valence-corrected chi connectivity index (χ3v) is 4.39. The zero-order valence-electron chi connectivity index (χ0n) is 12.8. The Kier molecular flexibility index (Phi) is 5.35. The molecule has 1 N–H and O–H groups in total. The summed E-state index contributed by atoms with van der Waals surface area (Å²) in [5.74, 6) is 1.45. The molecule has 0 spiro atoms. The van der Waals surface area contributed by atoms with E-state index in [9.17, 15) is 4.79 Å². The van der Waals surface area contributed by atoms with Crippen LogP contribution in [0.1, 0.15) is 32.3 Å². The molecule has 0 saturated carbocycles. The first-order chi connectivity index (χ1) is 10.1. The second kappa shape index (κ2) is 7.24. The normalized spacial score (nSPS) is 22.5. The van der Waals surface area contributed by atoms with Crippen molar-refractivity contribution < 1.29 is 4.79 Å². The van der Waals surface area contributed by atoms with Crippen LogP contribution in [0.5, 0.6) is 0 Å². The van der Waals surface area contributed by atoms with Crippen LogP contribution in [0.2, 0.25) is 0 Å². The molecule has 1 amide bonds. The van der Waals surface area contributed by atoms with E-state index in [-0.39, 0.29) is 5.91 Å². The van der Waals surface area contributed by atoms with Crippen molar-refractivity contribution >= 4 is 11.6 Å². The number of amides is 1. The van der Waals surface area contributed by atoms with Crippen LogP contribution in [0.3, 0.4) is 0 Å². The number of para-hydroxylation sites is 1. The van der Waals surface area contributed by atoms with Crippen LogP contribution in [0.4, 0.5) is 5.69 Å². The van der Waals surface area contributed by atoms with Crippen molar-refractivity contribution in [3.8, 4) is 6.07 Å². The second-order valence-electron chi connectivity index (χ2n) is 6.00. The number of nitrogens with zero attached hydrogens (tertiary/aromatic N) is 2. The van der Waals surface area contributed by atoms with Gasteiger partial charge in [0.15, 0.2) is 0 Å². The smallest absolute Gasteiger partial charge is 0.225 e. The average molecular weight is 285 g/mol. The lowest BCUT2D eigenvalue weighted by Gasteiger charge is -2.35. The summed E-state index contributed by atoms with van der Waals surface area (Å²) in [4.78, 5) is 14.4. The van der Waals surface area contributed by atoms with Crippen LogP contribution in [-0.2, 0) is 4.79 Å². The molecule has 1 aliphatic heterocycles. The summed E-state index contributed by atoms with van der Waals surface area (Å²) in [6.07, 6.45) is 1.68. The fraction of sp³-hybridized carbons (Fsp3) is 0.529. The quantitative estimate of drug-likeness (QED) is 0.925. The highest BCUT2D eigenvalue weighted by Gasteiger charge is 2.22. The molecule has 1 saturated heterocycles. The first-order valence-electron chi connectivity index (χ1n) is 7.61. The van der Waals surface area contributed by atoms with E-state index in [2.05, 4.69) is 30.1 Å². The molecule has 1 aromatic carbocycles. The van der Waals surface area contributed by atoms with Crippen molar-refractivity contribution in [1.29, 1.82) is 5.26 Å². The Balaban J connectivity index is 1.82. The summed E-state index contributed by atoms with van der Waals surface area (Å²) >= 11 is 0. The average Bonchev–Trinajstić information content (AvgIpc) is 2.49. The summed E-state index contributed by atoms with van der Waals surface area (Å²) in [5.41, 5.74) is 1.11. The van der Waals surface area contributed by atoms with Crippen LogP contribution in [0.25, 0.3) is 0 Å². The number of hydrogen-bond acceptors (Lipinski definition) is 3. The molecule has 1 heterocycles. The van der Waals surface area contributed by atoms with E-state index >= 15 is 0 Å². The van der Waals surface area contributed by atoms with E-state index < -0.39 is 0 Å². The van der Waals surface area contributed by atoms with E-state index in [0.717, 1.165) is 25.6 Å². The molecule has 1 fully saturated rings. The van der Waals surface area contributed by atoms with E-state index in [0.29, 0.717) is 23.6 Å². The van der Waals surface area contributed by atoms with E-state index in [4.69, 9.17) is 5.26 Å². The predicted molar refractivity (Wildman–Crippen MR) is 83.8 cm³/mol. The number of benzene rings is 1. The minimum Gasteiger partial charge on any atom is -0.325 e. The Morgan fingerprint density at radius 2 is 2.14 bits per heavy atom. The Labute approximate surface area is 126 Å². The highest BCUT2D eigenvalue weighted by molar-refractivity contribution is 5.92. The molecule has 0 aliphatic carbocycles. The Hall–Kier alpha value is -1.86. The Bertz CT molecular complexity index is 535. The SMILES string of the molecule is CC1CCN(CCC(=O)Nc2ccccc2C#N)CC1C. The zero-order valence-corrected chi connectivity index (χ0v) is 12.8. The standard InChI is InChI=1S/C17H23N3O/c1-13-7-9-20(12-14(13)2)10-8-17(21)19-16-6-4-3-5-15(16)11-18/h3-6,13-14H,7-10,12H2,1-2H3,(H,19,21). The molecule has 0 bridgehead atoms. The van der Waals surface area contributed by atoms with Crippen LogP contribution >= 0.6 is 0 Å². The van der Waals surface area contributed by atoms with E-state index in [1.807, 2.05) is 6.07 Å². The number of nitriles is 1. The number of anilines is 1.